The molecule has 3 nitrogen and oxygen atoms in total. The van der Waals surface area contributed by atoms with Gasteiger partial charge in [0, 0.05) is 28.9 Å². The number of para-hydroxylation sites is 1. The zero-order valence-corrected chi connectivity index (χ0v) is 11.6. The van der Waals surface area contributed by atoms with E-state index in [0.717, 1.165) is 31.2 Å². The van der Waals surface area contributed by atoms with Crippen molar-refractivity contribution < 1.29 is 4.79 Å². The standard InChI is InChI=1S/C15H19ClN2O/c16-12(4-3-7-15(17)19)9-8-11-10-18-14-6-2-1-5-13(11)14/h1-2,5-6,10,12,18H,3-4,7-9H2,(H2,17,19). The number of primary amides is 1. The van der Waals surface area contributed by atoms with Crippen LogP contribution in [0.25, 0.3) is 10.9 Å². The summed E-state index contributed by atoms with van der Waals surface area (Å²) in [5, 5.41) is 1.37. The molecule has 1 aromatic carbocycles. The highest BCUT2D eigenvalue weighted by Crippen LogP contribution is 2.21. The van der Waals surface area contributed by atoms with Crippen LogP contribution in [0.5, 0.6) is 0 Å². The summed E-state index contributed by atoms with van der Waals surface area (Å²) < 4.78 is 0. The van der Waals surface area contributed by atoms with E-state index in [-0.39, 0.29) is 11.3 Å². The molecule has 0 spiro atoms. The normalized spacial score (nSPS) is 12.7. The summed E-state index contributed by atoms with van der Waals surface area (Å²) >= 11 is 6.27. The summed E-state index contributed by atoms with van der Waals surface area (Å²) in [6, 6.07) is 8.27. The van der Waals surface area contributed by atoms with Gasteiger partial charge in [0.1, 0.15) is 0 Å². The molecule has 0 aliphatic carbocycles. The minimum absolute atomic E-state index is 0.105. The first kappa shape index (κ1) is 13.9. The van der Waals surface area contributed by atoms with Crippen molar-refractivity contribution in [2.24, 2.45) is 5.73 Å². The van der Waals surface area contributed by atoms with E-state index in [9.17, 15) is 4.79 Å². The molecule has 1 aromatic heterocycles. The number of nitrogens with two attached hydrogens (primary N) is 1. The van der Waals surface area contributed by atoms with Gasteiger partial charge in [0.25, 0.3) is 0 Å². The van der Waals surface area contributed by atoms with Gasteiger partial charge in [-0.15, -0.1) is 11.6 Å². The highest BCUT2D eigenvalue weighted by molar-refractivity contribution is 6.20. The Hall–Kier alpha value is -1.48. The number of hydrogen-bond donors (Lipinski definition) is 2. The molecule has 1 unspecified atom stereocenters. The molecule has 0 aliphatic rings. The lowest BCUT2D eigenvalue weighted by Gasteiger charge is -2.08. The Kier molecular flexibility index (Phi) is 4.86. The highest BCUT2D eigenvalue weighted by atomic mass is 35.5. The third-order valence-corrected chi connectivity index (χ3v) is 3.78. The van der Waals surface area contributed by atoms with E-state index in [1.54, 1.807) is 0 Å². The van der Waals surface area contributed by atoms with Crippen molar-refractivity contribution >= 4 is 28.4 Å². The van der Waals surface area contributed by atoms with Crippen LogP contribution in [0.3, 0.4) is 0 Å². The number of halogens is 1. The van der Waals surface area contributed by atoms with E-state index in [0.29, 0.717) is 6.42 Å². The zero-order valence-electron chi connectivity index (χ0n) is 10.9. The summed E-state index contributed by atoms with van der Waals surface area (Å²) in [6.07, 6.45) is 5.97. The van der Waals surface area contributed by atoms with Crippen LogP contribution in [0.1, 0.15) is 31.2 Å². The third kappa shape index (κ3) is 4.00. The van der Waals surface area contributed by atoms with Crippen molar-refractivity contribution in [1.29, 1.82) is 0 Å². The number of nitrogens with one attached hydrogen (secondary N) is 1. The first-order valence-corrected chi connectivity index (χ1v) is 7.08. The summed E-state index contributed by atoms with van der Waals surface area (Å²) in [5.74, 6) is -0.250. The predicted octanol–water partition coefficient (Wildman–Crippen LogP) is 3.36. The lowest BCUT2D eigenvalue weighted by atomic mass is 10.0. The number of hydrogen-bond acceptors (Lipinski definition) is 1. The fourth-order valence-corrected chi connectivity index (χ4v) is 2.56. The van der Waals surface area contributed by atoms with Gasteiger partial charge in [0.15, 0.2) is 0 Å². The number of carbonyl (C=O) groups excluding carboxylic acids is 1. The van der Waals surface area contributed by atoms with Crippen LogP contribution in [0.2, 0.25) is 0 Å². The zero-order chi connectivity index (χ0) is 13.7. The lowest BCUT2D eigenvalue weighted by Crippen LogP contribution is -2.11. The van der Waals surface area contributed by atoms with Gasteiger partial charge in [-0.25, -0.2) is 0 Å². The fourth-order valence-electron chi connectivity index (χ4n) is 2.29. The second-order valence-electron chi connectivity index (χ2n) is 4.85. The van der Waals surface area contributed by atoms with Crippen molar-refractivity contribution in [2.75, 3.05) is 0 Å². The molecule has 4 heteroatoms. The van der Waals surface area contributed by atoms with Gasteiger partial charge in [-0.05, 0) is 37.3 Å². The summed E-state index contributed by atoms with van der Waals surface area (Å²) in [7, 11) is 0. The molecule has 0 bridgehead atoms. The number of aromatic amines is 1. The molecule has 0 saturated heterocycles. The average molecular weight is 279 g/mol. The lowest BCUT2D eigenvalue weighted by molar-refractivity contribution is -0.118. The first-order chi connectivity index (χ1) is 9.16. The third-order valence-electron chi connectivity index (χ3n) is 3.34. The van der Waals surface area contributed by atoms with Crippen LogP contribution in [-0.4, -0.2) is 16.3 Å². The molecule has 0 aliphatic heterocycles. The van der Waals surface area contributed by atoms with Crippen molar-refractivity contribution in [1.82, 2.24) is 4.98 Å². The molecule has 19 heavy (non-hydrogen) atoms. The smallest absolute Gasteiger partial charge is 0.217 e. The van der Waals surface area contributed by atoms with E-state index in [4.69, 9.17) is 17.3 Å². The molecule has 102 valence electrons. The Morgan fingerprint density at radius 1 is 1.32 bits per heavy atom. The number of fused-ring (bicyclic) bond motifs is 1. The molecule has 0 fully saturated rings. The number of benzene rings is 1. The van der Waals surface area contributed by atoms with Crippen LogP contribution in [0.4, 0.5) is 0 Å². The molecule has 2 aromatic rings. The molecule has 0 saturated carbocycles. The molecule has 1 atom stereocenters. The van der Waals surface area contributed by atoms with Gasteiger partial charge >= 0.3 is 0 Å². The Bertz CT molecular complexity index is 550. The number of carbonyl (C=O) groups is 1. The Morgan fingerprint density at radius 2 is 2.11 bits per heavy atom. The molecule has 2 rings (SSSR count). The van der Waals surface area contributed by atoms with E-state index in [2.05, 4.69) is 23.3 Å². The monoisotopic (exact) mass is 278 g/mol. The molecule has 1 heterocycles. The Labute approximate surface area is 118 Å². The SMILES string of the molecule is NC(=O)CCCC(Cl)CCc1c[nH]c2ccccc12. The largest absolute Gasteiger partial charge is 0.370 e. The fraction of sp³-hybridized carbons (Fsp3) is 0.400. The van der Waals surface area contributed by atoms with Crippen LogP contribution in [0.15, 0.2) is 30.5 Å². The first-order valence-electron chi connectivity index (χ1n) is 6.64. The molecule has 3 N–H and O–H groups in total. The minimum Gasteiger partial charge on any atom is -0.370 e. The summed E-state index contributed by atoms with van der Waals surface area (Å²) in [6.45, 7) is 0. The number of H-pyrrole nitrogens is 1. The van der Waals surface area contributed by atoms with Gasteiger partial charge in [-0.2, -0.15) is 0 Å². The van der Waals surface area contributed by atoms with Gasteiger partial charge in [0.2, 0.25) is 5.91 Å². The quantitative estimate of drug-likeness (QED) is 0.750. The number of alkyl halides is 1. The maximum atomic E-state index is 10.6. The van der Waals surface area contributed by atoms with E-state index >= 15 is 0 Å². The van der Waals surface area contributed by atoms with E-state index in [1.807, 2.05) is 12.1 Å². The minimum atomic E-state index is -0.250. The predicted molar refractivity (Wildman–Crippen MR) is 79.3 cm³/mol. The van der Waals surface area contributed by atoms with Gasteiger partial charge in [-0.3, -0.25) is 4.79 Å². The van der Waals surface area contributed by atoms with Crippen molar-refractivity contribution in [2.45, 2.75) is 37.5 Å². The van der Waals surface area contributed by atoms with Crippen LogP contribution < -0.4 is 5.73 Å². The van der Waals surface area contributed by atoms with E-state index < -0.39 is 0 Å². The van der Waals surface area contributed by atoms with Crippen molar-refractivity contribution in [3.05, 3.63) is 36.0 Å². The average Bonchev–Trinajstić information content (AvgIpc) is 2.79. The molecule has 1 amide bonds. The Balaban J connectivity index is 1.83. The molecular weight excluding hydrogens is 260 g/mol. The van der Waals surface area contributed by atoms with Crippen molar-refractivity contribution in [3.8, 4) is 0 Å². The summed E-state index contributed by atoms with van der Waals surface area (Å²) in [4.78, 5) is 13.9. The number of aromatic nitrogens is 1. The second kappa shape index (κ2) is 6.62. The van der Waals surface area contributed by atoms with Crippen molar-refractivity contribution in [3.63, 3.8) is 0 Å². The Morgan fingerprint density at radius 3 is 2.89 bits per heavy atom. The van der Waals surface area contributed by atoms with Gasteiger partial charge in [0.05, 0.1) is 0 Å². The van der Waals surface area contributed by atoms with E-state index in [1.165, 1.54) is 10.9 Å². The number of rotatable bonds is 7. The number of amides is 1. The van der Waals surface area contributed by atoms with Crippen LogP contribution in [-0.2, 0) is 11.2 Å². The summed E-state index contributed by atoms with van der Waals surface area (Å²) in [5.41, 5.74) is 7.57. The molecular formula is C15H19ClN2O. The van der Waals surface area contributed by atoms with Gasteiger partial charge in [-0.1, -0.05) is 18.2 Å². The van der Waals surface area contributed by atoms with Gasteiger partial charge < -0.3 is 10.7 Å². The maximum absolute atomic E-state index is 10.6. The number of aryl methyl sites for hydroxylation is 1. The van der Waals surface area contributed by atoms with Crippen LogP contribution in [0, 0.1) is 0 Å². The highest BCUT2D eigenvalue weighted by Gasteiger charge is 2.08. The second-order valence-corrected chi connectivity index (χ2v) is 5.47. The molecule has 0 radical (unpaired) electrons. The topological polar surface area (TPSA) is 58.9 Å². The maximum Gasteiger partial charge on any atom is 0.217 e. The van der Waals surface area contributed by atoms with Crippen LogP contribution >= 0.6 is 11.6 Å².